The summed E-state index contributed by atoms with van der Waals surface area (Å²) in [5.74, 6) is 1.41. The van der Waals surface area contributed by atoms with Crippen molar-refractivity contribution >= 4 is 5.96 Å². The van der Waals surface area contributed by atoms with Gasteiger partial charge in [-0.1, -0.05) is 30.3 Å². The van der Waals surface area contributed by atoms with E-state index in [1.807, 2.05) is 43.3 Å². The molecule has 3 rings (SSSR count). The first-order valence-electron chi connectivity index (χ1n) is 11.0. The van der Waals surface area contributed by atoms with Crippen LogP contribution >= 0.6 is 0 Å². The summed E-state index contributed by atoms with van der Waals surface area (Å²) in [5.41, 5.74) is 1.78. The zero-order valence-corrected chi connectivity index (χ0v) is 18.3. The summed E-state index contributed by atoms with van der Waals surface area (Å²) in [4.78, 5) is 7.01. The Labute approximate surface area is 184 Å². The summed E-state index contributed by atoms with van der Waals surface area (Å²) in [6.45, 7) is 9.03. The van der Waals surface area contributed by atoms with Crippen molar-refractivity contribution in [2.75, 3.05) is 52.5 Å². The fourth-order valence-corrected chi connectivity index (χ4v) is 3.38. The Bertz CT molecular complexity index is 825. The largest absolute Gasteiger partial charge is 0.492 e. The van der Waals surface area contributed by atoms with Crippen LogP contribution in [0.1, 0.15) is 18.1 Å². The monoisotopic (exact) mass is 428 g/mol. The number of nitrogens with one attached hydrogen (secondary N) is 2. The van der Waals surface area contributed by atoms with Crippen LogP contribution in [0.2, 0.25) is 0 Å². The number of hydrogen-bond acceptors (Lipinski definition) is 4. The third-order valence-corrected chi connectivity index (χ3v) is 5.09. The molecule has 1 saturated heterocycles. The molecule has 31 heavy (non-hydrogen) atoms. The van der Waals surface area contributed by atoms with Crippen LogP contribution in [0, 0.1) is 5.82 Å². The van der Waals surface area contributed by atoms with Crippen LogP contribution in [0.5, 0.6) is 5.75 Å². The van der Waals surface area contributed by atoms with Crippen LogP contribution in [-0.4, -0.2) is 63.4 Å². The Balaban J connectivity index is 1.46. The summed E-state index contributed by atoms with van der Waals surface area (Å²) in [7, 11) is 0. The predicted molar refractivity (Wildman–Crippen MR) is 122 cm³/mol. The lowest BCUT2D eigenvalue weighted by Gasteiger charge is -2.26. The van der Waals surface area contributed by atoms with Gasteiger partial charge in [0.05, 0.1) is 19.8 Å². The number of benzene rings is 2. The van der Waals surface area contributed by atoms with E-state index >= 15 is 0 Å². The smallest absolute Gasteiger partial charge is 0.191 e. The molecule has 0 unspecified atom stereocenters. The van der Waals surface area contributed by atoms with Gasteiger partial charge in [-0.15, -0.1) is 0 Å². The average Bonchev–Trinajstić information content (AvgIpc) is 2.80. The normalized spacial score (nSPS) is 15.0. The predicted octanol–water partition coefficient (Wildman–Crippen LogP) is 2.83. The Morgan fingerprint density at radius 2 is 1.97 bits per heavy atom. The molecule has 0 aliphatic carbocycles. The lowest BCUT2D eigenvalue weighted by Crippen LogP contribution is -2.38. The third kappa shape index (κ3) is 8.19. The van der Waals surface area contributed by atoms with Gasteiger partial charge in [0.1, 0.15) is 18.2 Å². The number of ether oxygens (including phenoxy) is 2. The van der Waals surface area contributed by atoms with Crippen molar-refractivity contribution in [3.05, 3.63) is 65.5 Å². The molecule has 0 saturated carbocycles. The van der Waals surface area contributed by atoms with Gasteiger partial charge in [0.25, 0.3) is 0 Å². The summed E-state index contributed by atoms with van der Waals surface area (Å²) in [5, 5.41) is 6.51. The van der Waals surface area contributed by atoms with Gasteiger partial charge in [0.15, 0.2) is 5.96 Å². The van der Waals surface area contributed by atoms with E-state index in [-0.39, 0.29) is 5.82 Å². The Morgan fingerprint density at radius 3 is 2.77 bits per heavy atom. The maximum absolute atomic E-state index is 13.8. The number of guanidine groups is 1. The number of aliphatic imine (C=N–C) groups is 1. The molecule has 6 nitrogen and oxygen atoms in total. The minimum atomic E-state index is -0.170. The molecule has 0 amide bonds. The van der Waals surface area contributed by atoms with E-state index in [2.05, 4.69) is 20.5 Å². The van der Waals surface area contributed by atoms with Crippen molar-refractivity contribution in [3.63, 3.8) is 0 Å². The van der Waals surface area contributed by atoms with Gasteiger partial charge in [-0.25, -0.2) is 9.38 Å². The third-order valence-electron chi connectivity index (χ3n) is 5.09. The highest BCUT2D eigenvalue weighted by Crippen LogP contribution is 2.14. The van der Waals surface area contributed by atoms with Crippen LogP contribution in [0.25, 0.3) is 0 Å². The van der Waals surface area contributed by atoms with Crippen molar-refractivity contribution in [2.24, 2.45) is 4.99 Å². The van der Waals surface area contributed by atoms with E-state index in [0.717, 1.165) is 56.7 Å². The molecule has 0 spiro atoms. The molecular weight excluding hydrogens is 395 g/mol. The first-order valence-corrected chi connectivity index (χ1v) is 11.0. The molecular formula is C24H33FN4O2. The number of morpholine rings is 1. The molecule has 0 atom stereocenters. The van der Waals surface area contributed by atoms with Crippen molar-refractivity contribution in [1.82, 2.24) is 15.5 Å². The van der Waals surface area contributed by atoms with E-state index in [4.69, 9.17) is 9.47 Å². The standard InChI is InChI=1S/C24H33FN4O2/c1-2-26-24(27-11-10-21-7-3-4-9-23(21)25)28-19-20-6-5-8-22(18-20)31-17-14-29-12-15-30-16-13-29/h3-9,18H,2,10-17,19H2,1H3,(H2,26,27,28). The van der Waals surface area contributed by atoms with E-state index in [1.54, 1.807) is 6.07 Å². The molecule has 0 radical (unpaired) electrons. The molecule has 2 aromatic rings. The second-order valence-electron chi connectivity index (χ2n) is 7.41. The van der Waals surface area contributed by atoms with Crippen LogP contribution in [0.3, 0.4) is 0 Å². The minimum Gasteiger partial charge on any atom is -0.492 e. The second-order valence-corrected chi connectivity index (χ2v) is 7.41. The number of rotatable bonds is 10. The van der Waals surface area contributed by atoms with Gasteiger partial charge in [-0.05, 0) is 42.7 Å². The highest BCUT2D eigenvalue weighted by molar-refractivity contribution is 5.79. The van der Waals surface area contributed by atoms with Crippen molar-refractivity contribution in [2.45, 2.75) is 19.9 Å². The molecule has 2 aromatic carbocycles. The van der Waals surface area contributed by atoms with Crippen LogP contribution < -0.4 is 15.4 Å². The van der Waals surface area contributed by atoms with Crippen LogP contribution in [0.4, 0.5) is 4.39 Å². The molecule has 2 N–H and O–H groups in total. The van der Waals surface area contributed by atoms with Crippen molar-refractivity contribution in [3.8, 4) is 5.75 Å². The Morgan fingerprint density at radius 1 is 1.13 bits per heavy atom. The van der Waals surface area contributed by atoms with Gasteiger partial charge >= 0.3 is 0 Å². The van der Waals surface area contributed by atoms with Gasteiger partial charge in [-0.2, -0.15) is 0 Å². The van der Waals surface area contributed by atoms with Crippen molar-refractivity contribution in [1.29, 1.82) is 0 Å². The first-order chi connectivity index (χ1) is 15.2. The zero-order valence-electron chi connectivity index (χ0n) is 18.3. The molecule has 0 aromatic heterocycles. The van der Waals surface area contributed by atoms with Crippen LogP contribution in [0.15, 0.2) is 53.5 Å². The van der Waals surface area contributed by atoms with E-state index in [1.165, 1.54) is 6.07 Å². The SMILES string of the molecule is CCNC(=NCc1cccc(OCCN2CCOCC2)c1)NCCc1ccccc1F. The molecule has 1 heterocycles. The topological polar surface area (TPSA) is 58.1 Å². The quantitative estimate of drug-likeness (QED) is 0.450. The van der Waals surface area contributed by atoms with Crippen molar-refractivity contribution < 1.29 is 13.9 Å². The van der Waals surface area contributed by atoms with Gasteiger partial charge < -0.3 is 20.1 Å². The van der Waals surface area contributed by atoms with E-state index in [0.29, 0.717) is 31.7 Å². The maximum atomic E-state index is 13.8. The van der Waals surface area contributed by atoms with E-state index < -0.39 is 0 Å². The van der Waals surface area contributed by atoms with E-state index in [9.17, 15) is 4.39 Å². The van der Waals surface area contributed by atoms with Crippen LogP contribution in [-0.2, 0) is 17.7 Å². The molecule has 1 aliphatic rings. The maximum Gasteiger partial charge on any atom is 0.191 e. The minimum absolute atomic E-state index is 0.170. The zero-order chi connectivity index (χ0) is 21.7. The molecule has 1 fully saturated rings. The molecule has 1 aliphatic heterocycles. The summed E-state index contributed by atoms with van der Waals surface area (Å²) in [6.07, 6.45) is 0.601. The average molecular weight is 429 g/mol. The Hall–Kier alpha value is -2.64. The van der Waals surface area contributed by atoms with Gasteiger partial charge in [-0.3, -0.25) is 4.90 Å². The number of hydrogen-bond donors (Lipinski definition) is 2. The Kier molecular flexibility index (Phi) is 9.60. The second kappa shape index (κ2) is 12.9. The highest BCUT2D eigenvalue weighted by atomic mass is 19.1. The fraction of sp³-hybridized carbons (Fsp3) is 0.458. The van der Waals surface area contributed by atoms with Gasteiger partial charge in [0, 0.05) is 32.7 Å². The number of halogens is 1. The number of nitrogens with zero attached hydrogens (tertiary/aromatic N) is 2. The lowest BCUT2D eigenvalue weighted by atomic mass is 10.1. The fourth-order valence-electron chi connectivity index (χ4n) is 3.38. The highest BCUT2D eigenvalue weighted by Gasteiger charge is 2.09. The summed E-state index contributed by atoms with van der Waals surface area (Å²) < 4.78 is 25.1. The lowest BCUT2D eigenvalue weighted by molar-refractivity contribution is 0.0322. The first kappa shape index (κ1) is 23.0. The summed E-state index contributed by atoms with van der Waals surface area (Å²) >= 11 is 0. The summed E-state index contributed by atoms with van der Waals surface area (Å²) in [6, 6.07) is 14.9. The molecule has 0 bridgehead atoms. The molecule has 168 valence electrons. The van der Waals surface area contributed by atoms with Gasteiger partial charge in [0.2, 0.25) is 0 Å². The molecule has 7 heteroatoms.